The molecular weight excluding hydrogens is 372 g/mol. The molecule has 30 heavy (non-hydrogen) atoms. The van der Waals surface area contributed by atoms with Crippen LogP contribution in [0.4, 0.5) is 0 Å². The largest absolute Gasteiger partial charge is 0.497 e. The Kier molecular flexibility index (Phi) is 6.14. The Morgan fingerprint density at radius 3 is 2.63 bits per heavy atom. The number of methoxy groups -OCH3 is 1. The van der Waals surface area contributed by atoms with Gasteiger partial charge in [-0.15, -0.1) is 0 Å². The maximum atomic E-state index is 12.9. The van der Waals surface area contributed by atoms with Crippen LogP contribution in [-0.2, 0) is 11.2 Å². The van der Waals surface area contributed by atoms with E-state index in [9.17, 15) is 4.79 Å². The van der Waals surface area contributed by atoms with E-state index in [1.165, 1.54) is 5.56 Å². The smallest absolute Gasteiger partial charge is 0.220 e. The molecule has 0 bridgehead atoms. The van der Waals surface area contributed by atoms with Gasteiger partial charge in [0.25, 0.3) is 0 Å². The zero-order chi connectivity index (χ0) is 20.8. The van der Waals surface area contributed by atoms with Gasteiger partial charge in [0.1, 0.15) is 5.75 Å². The van der Waals surface area contributed by atoms with E-state index in [-0.39, 0.29) is 11.8 Å². The lowest BCUT2D eigenvalue weighted by atomic mass is 9.88. The molecule has 4 nitrogen and oxygen atoms in total. The van der Waals surface area contributed by atoms with Gasteiger partial charge in [-0.3, -0.25) is 4.79 Å². The summed E-state index contributed by atoms with van der Waals surface area (Å²) in [5, 5.41) is 4.23. The van der Waals surface area contributed by atoms with Crippen molar-refractivity contribution in [3.05, 3.63) is 102 Å². The number of aromatic nitrogens is 1. The fraction of sp³-hybridized carbons (Fsp3) is 0.192. The summed E-state index contributed by atoms with van der Waals surface area (Å²) >= 11 is 0. The van der Waals surface area contributed by atoms with Gasteiger partial charge in [0.05, 0.1) is 7.11 Å². The van der Waals surface area contributed by atoms with Crippen molar-refractivity contribution in [3.8, 4) is 5.75 Å². The standard InChI is InChI=1S/C26H26N2O2/c1-30-21-11-7-10-20(16-21)23(24-18-28-25-13-6-5-12-22(24)25)17-26(29)27-15-14-19-8-3-2-4-9-19/h2-13,16,18,23,28H,14-15,17H2,1H3,(H,27,29)/t23-/m0/s1. The van der Waals surface area contributed by atoms with E-state index in [2.05, 4.69) is 40.6 Å². The van der Waals surface area contributed by atoms with E-state index in [1.54, 1.807) is 7.11 Å². The van der Waals surface area contributed by atoms with E-state index in [1.807, 2.05) is 54.7 Å². The number of ether oxygens (including phenoxy) is 1. The Morgan fingerprint density at radius 1 is 1.00 bits per heavy atom. The molecule has 0 saturated heterocycles. The van der Waals surface area contributed by atoms with Crippen LogP contribution in [0.15, 0.2) is 85.1 Å². The van der Waals surface area contributed by atoms with Gasteiger partial charge in [0.2, 0.25) is 5.91 Å². The minimum atomic E-state index is -0.0621. The number of hydrogen-bond acceptors (Lipinski definition) is 2. The van der Waals surface area contributed by atoms with Crippen molar-refractivity contribution in [2.75, 3.05) is 13.7 Å². The van der Waals surface area contributed by atoms with Crippen molar-refractivity contribution < 1.29 is 9.53 Å². The number of amides is 1. The highest BCUT2D eigenvalue weighted by Gasteiger charge is 2.21. The van der Waals surface area contributed by atoms with Gasteiger partial charge in [-0.1, -0.05) is 60.7 Å². The van der Waals surface area contributed by atoms with Gasteiger partial charge in [-0.25, -0.2) is 0 Å². The van der Waals surface area contributed by atoms with Crippen LogP contribution in [-0.4, -0.2) is 24.5 Å². The number of hydrogen-bond donors (Lipinski definition) is 2. The van der Waals surface area contributed by atoms with Gasteiger partial charge >= 0.3 is 0 Å². The molecule has 1 aromatic heterocycles. The maximum absolute atomic E-state index is 12.9. The Bertz CT molecular complexity index is 1120. The van der Waals surface area contributed by atoms with Gasteiger partial charge < -0.3 is 15.0 Å². The summed E-state index contributed by atoms with van der Waals surface area (Å²) in [7, 11) is 1.66. The molecular formula is C26H26N2O2. The van der Waals surface area contributed by atoms with Crippen molar-refractivity contribution in [1.29, 1.82) is 0 Å². The fourth-order valence-corrected chi connectivity index (χ4v) is 3.90. The van der Waals surface area contributed by atoms with Crippen LogP contribution in [0.3, 0.4) is 0 Å². The van der Waals surface area contributed by atoms with E-state index in [0.717, 1.165) is 34.2 Å². The third-order valence-corrected chi connectivity index (χ3v) is 5.46. The first kappa shape index (κ1) is 19.8. The summed E-state index contributed by atoms with van der Waals surface area (Å²) in [6.45, 7) is 0.627. The molecule has 0 aliphatic heterocycles. The molecule has 3 aromatic carbocycles. The van der Waals surface area contributed by atoms with Gasteiger partial charge in [-0.2, -0.15) is 0 Å². The average molecular weight is 399 g/mol. The molecule has 2 N–H and O–H groups in total. The summed E-state index contributed by atoms with van der Waals surface area (Å²) in [4.78, 5) is 16.2. The molecule has 1 heterocycles. The first-order chi connectivity index (χ1) is 14.7. The summed E-state index contributed by atoms with van der Waals surface area (Å²) in [5.74, 6) is 0.777. The Morgan fingerprint density at radius 2 is 1.80 bits per heavy atom. The van der Waals surface area contributed by atoms with Crippen LogP contribution >= 0.6 is 0 Å². The minimum Gasteiger partial charge on any atom is -0.497 e. The molecule has 0 spiro atoms. The van der Waals surface area contributed by atoms with Crippen LogP contribution in [0, 0.1) is 0 Å². The Hall–Kier alpha value is -3.53. The molecule has 0 saturated carbocycles. The number of carbonyl (C=O) groups is 1. The number of H-pyrrole nitrogens is 1. The molecule has 4 aromatic rings. The quantitative estimate of drug-likeness (QED) is 0.436. The lowest BCUT2D eigenvalue weighted by molar-refractivity contribution is -0.121. The zero-order valence-corrected chi connectivity index (χ0v) is 17.1. The van der Waals surface area contributed by atoms with Crippen molar-refractivity contribution in [1.82, 2.24) is 10.3 Å². The first-order valence-electron chi connectivity index (χ1n) is 10.2. The molecule has 0 unspecified atom stereocenters. The average Bonchev–Trinajstić information content (AvgIpc) is 3.22. The topological polar surface area (TPSA) is 54.1 Å². The second-order valence-electron chi connectivity index (χ2n) is 7.41. The van der Waals surface area contributed by atoms with Crippen LogP contribution in [0.1, 0.15) is 29.0 Å². The molecule has 0 aliphatic carbocycles. The first-order valence-corrected chi connectivity index (χ1v) is 10.2. The van der Waals surface area contributed by atoms with Crippen LogP contribution < -0.4 is 10.1 Å². The SMILES string of the molecule is COc1cccc([C@H](CC(=O)NCCc2ccccc2)c2c[nH]c3ccccc23)c1. The molecule has 0 fully saturated rings. The highest BCUT2D eigenvalue weighted by Crippen LogP contribution is 2.34. The number of carbonyl (C=O) groups excluding carboxylic acids is 1. The maximum Gasteiger partial charge on any atom is 0.220 e. The number of fused-ring (bicyclic) bond motifs is 1. The third kappa shape index (κ3) is 4.54. The highest BCUT2D eigenvalue weighted by molar-refractivity contribution is 5.86. The zero-order valence-electron chi connectivity index (χ0n) is 17.1. The van der Waals surface area contributed by atoms with Crippen molar-refractivity contribution in [2.45, 2.75) is 18.8 Å². The third-order valence-electron chi connectivity index (χ3n) is 5.46. The normalized spacial score (nSPS) is 11.9. The fourth-order valence-electron chi connectivity index (χ4n) is 3.90. The summed E-state index contributed by atoms with van der Waals surface area (Å²) < 4.78 is 5.42. The van der Waals surface area contributed by atoms with Gasteiger partial charge in [-0.05, 0) is 41.3 Å². The highest BCUT2D eigenvalue weighted by atomic mass is 16.5. The predicted octanol–water partition coefficient (Wildman–Crippen LogP) is 5.06. The van der Waals surface area contributed by atoms with E-state index < -0.39 is 0 Å². The number of rotatable bonds is 8. The molecule has 4 rings (SSSR count). The molecule has 0 radical (unpaired) electrons. The predicted molar refractivity (Wildman–Crippen MR) is 121 cm³/mol. The summed E-state index contributed by atoms with van der Waals surface area (Å²) in [6.07, 6.45) is 3.22. The monoisotopic (exact) mass is 398 g/mol. The summed E-state index contributed by atoms with van der Waals surface area (Å²) in [6, 6.07) is 26.4. The van der Waals surface area contributed by atoms with Crippen LogP contribution in [0.5, 0.6) is 5.75 Å². The number of nitrogens with one attached hydrogen (secondary N) is 2. The lowest BCUT2D eigenvalue weighted by Gasteiger charge is -2.18. The number of benzene rings is 3. The Balaban J connectivity index is 1.55. The van der Waals surface area contributed by atoms with Crippen LogP contribution in [0.25, 0.3) is 10.9 Å². The number of para-hydroxylation sites is 1. The van der Waals surface area contributed by atoms with Crippen molar-refractivity contribution in [3.63, 3.8) is 0 Å². The second kappa shape index (κ2) is 9.31. The molecule has 4 heteroatoms. The Labute approximate surface area is 176 Å². The molecule has 152 valence electrons. The van der Waals surface area contributed by atoms with Crippen molar-refractivity contribution in [2.24, 2.45) is 0 Å². The summed E-state index contributed by atoms with van der Waals surface area (Å²) in [5.41, 5.74) is 4.48. The second-order valence-corrected chi connectivity index (χ2v) is 7.41. The molecule has 1 atom stereocenters. The number of aromatic amines is 1. The lowest BCUT2D eigenvalue weighted by Crippen LogP contribution is -2.27. The van der Waals surface area contributed by atoms with E-state index in [0.29, 0.717) is 13.0 Å². The van der Waals surface area contributed by atoms with Crippen molar-refractivity contribution >= 4 is 16.8 Å². The van der Waals surface area contributed by atoms with Gasteiger partial charge in [0, 0.05) is 36.0 Å². The van der Waals surface area contributed by atoms with E-state index >= 15 is 0 Å². The minimum absolute atomic E-state index is 0.0454. The van der Waals surface area contributed by atoms with Gasteiger partial charge in [0.15, 0.2) is 0 Å². The van der Waals surface area contributed by atoms with E-state index in [4.69, 9.17) is 4.74 Å². The molecule has 1 amide bonds. The van der Waals surface area contributed by atoms with Crippen LogP contribution in [0.2, 0.25) is 0 Å². The molecule has 0 aliphatic rings.